The first-order chi connectivity index (χ1) is 8.37. The number of hydrogen-bond acceptors (Lipinski definition) is 4. The SMILES string of the molecule is O=C(NC1CCS(=O)(=O)C1)c1cc(F)ccc1O. The van der Waals surface area contributed by atoms with Gasteiger partial charge in [-0.3, -0.25) is 4.79 Å². The third-order valence-electron chi connectivity index (χ3n) is 2.77. The van der Waals surface area contributed by atoms with Gasteiger partial charge in [0.05, 0.1) is 17.1 Å². The molecule has 5 nitrogen and oxygen atoms in total. The minimum Gasteiger partial charge on any atom is -0.507 e. The molecule has 0 aromatic heterocycles. The lowest BCUT2D eigenvalue weighted by Gasteiger charge is -2.11. The minimum absolute atomic E-state index is 0.0348. The van der Waals surface area contributed by atoms with E-state index in [4.69, 9.17) is 0 Å². The summed E-state index contributed by atoms with van der Waals surface area (Å²) in [6, 6.07) is 2.54. The van der Waals surface area contributed by atoms with E-state index < -0.39 is 27.6 Å². The van der Waals surface area contributed by atoms with Gasteiger partial charge in [-0.25, -0.2) is 12.8 Å². The summed E-state index contributed by atoms with van der Waals surface area (Å²) in [6.45, 7) is 0. The van der Waals surface area contributed by atoms with E-state index in [1.807, 2.05) is 0 Å². The van der Waals surface area contributed by atoms with E-state index in [0.29, 0.717) is 6.42 Å². The molecule has 1 unspecified atom stereocenters. The highest BCUT2D eigenvalue weighted by Crippen LogP contribution is 2.19. The fraction of sp³-hybridized carbons (Fsp3) is 0.364. The average molecular weight is 273 g/mol. The number of benzene rings is 1. The number of rotatable bonds is 2. The molecule has 1 aliphatic heterocycles. The van der Waals surface area contributed by atoms with Crippen molar-refractivity contribution in [1.82, 2.24) is 5.32 Å². The van der Waals surface area contributed by atoms with E-state index in [9.17, 15) is 22.7 Å². The molecule has 1 heterocycles. The van der Waals surface area contributed by atoms with Gasteiger partial charge >= 0.3 is 0 Å². The van der Waals surface area contributed by atoms with Gasteiger partial charge in [-0.2, -0.15) is 0 Å². The summed E-state index contributed by atoms with van der Waals surface area (Å²) in [4.78, 5) is 11.8. The Kier molecular flexibility index (Phi) is 3.25. The summed E-state index contributed by atoms with van der Waals surface area (Å²) in [5, 5.41) is 11.9. The molecule has 1 saturated heterocycles. The van der Waals surface area contributed by atoms with E-state index in [1.165, 1.54) is 0 Å². The van der Waals surface area contributed by atoms with Crippen molar-refractivity contribution < 1.29 is 22.7 Å². The number of phenols is 1. The van der Waals surface area contributed by atoms with Crippen LogP contribution in [0, 0.1) is 5.82 Å². The van der Waals surface area contributed by atoms with Crippen LogP contribution in [-0.2, 0) is 9.84 Å². The highest BCUT2D eigenvalue weighted by molar-refractivity contribution is 7.91. The van der Waals surface area contributed by atoms with Crippen LogP contribution in [0.15, 0.2) is 18.2 Å². The van der Waals surface area contributed by atoms with Crippen molar-refractivity contribution in [2.75, 3.05) is 11.5 Å². The predicted molar refractivity (Wildman–Crippen MR) is 62.6 cm³/mol. The molecule has 0 saturated carbocycles. The zero-order valence-electron chi connectivity index (χ0n) is 9.39. The Balaban J connectivity index is 2.11. The fourth-order valence-electron chi connectivity index (χ4n) is 1.86. The van der Waals surface area contributed by atoms with Crippen LogP contribution in [0.4, 0.5) is 4.39 Å². The van der Waals surface area contributed by atoms with Crippen molar-refractivity contribution in [2.24, 2.45) is 0 Å². The second-order valence-corrected chi connectivity index (χ2v) is 6.46. The maximum absolute atomic E-state index is 13.0. The van der Waals surface area contributed by atoms with Gasteiger partial charge in [-0.05, 0) is 24.6 Å². The highest BCUT2D eigenvalue weighted by atomic mass is 32.2. The van der Waals surface area contributed by atoms with Crippen LogP contribution in [-0.4, -0.2) is 37.0 Å². The molecule has 2 rings (SSSR count). The van der Waals surface area contributed by atoms with Crippen molar-refractivity contribution in [3.05, 3.63) is 29.6 Å². The smallest absolute Gasteiger partial charge is 0.255 e. The summed E-state index contributed by atoms with van der Waals surface area (Å²) in [5.41, 5.74) is -0.195. The Morgan fingerprint density at radius 1 is 1.44 bits per heavy atom. The summed E-state index contributed by atoms with van der Waals surface area (Å²) in [6.07, 6.45) is 0.337. The molecule has 0 aliphatic carbocycles. The van der Waals surface area contributed by atoms with Crippen LogP contribution in [0.5, 0.6) is 5.75 Å². The summed E-state index contributed by atoms with van der Waals surface area (Å²) >= 11 is 0. The number of nitrogens with one attached hydrogen (secondary N) is 1. The quantitative estimate of drug-likeness (QED) is 0.819. The largest absolute Gasteiger partial charge is 0.507 e. The number of aromatic hydroxyl groups is 1. The molecule has 1 atom stereocenters. The van der Waals surface area contributed by atoms with Crippen molar-refractivity contribution in [2.45, 2.75) is 12.5 Å². The van der Waals surface area contributed by atoms with E-state index in [1.54, 1.807) is 0 Å². The molecule has 0 radical (unpaired) electrons. The Labute approximate surface area is 104 Å². The molecule has 1 fully saturated rings. The molecule has 1 aliphatic rings. The summed E-state index contributed by atoms with van der Waals surface area (Å²) in [7, 11) is -3.09. The molecule has 1 amide bonds. The van der Waals surface area contributed by atoms with Crippen LogP contribution in [0.25, 0.3) is 0 Å². The van der Waals surface area contributed by atoms with Gasteiger partial charge in [0.2, 0.25) is 0 Å². The second kappa shape index (κ2) is 4.56. The third-order valence-corrected chi connectivity index (χ3v) is 4.54. The number of carbonyl (C=O) groups excluding carboxylic acids is 1. The number of hydrogen-bond donors (Lipinski definition) is 2. The normalized spacial score (nSPS) is 21.7. The first-order valence-corrected chi connectivity index (χ1v) is 7.19. The maximum atomic E-state index is 13.0. The van der Waals surface area contributed by atoms with E-state index in [0.717, 1.165) is 18.2 Å². The van der Waals surface area contributed by atoms with Crippen molar-refractivity contribution >= 4 is 15.7 Å². The fourth-order valence-corrected chi connectivity index (χ4v) is 3.54. The molecule has 2 N–H and O–H groups in total. The number of halogens is 1. The van der Waals surface area contributed by atoms with E-state index >= 15 is 0 Å². The number of sulfone groups is 1. The van der Waals surface area contributed by atoms with Gasteiger partial charge in [-0.1, -0.05) is 0 Å². The van der Waals surface area contributed by atoms with Crippen LogP contribution in [0.1, 0.15) is 16.8 Å². The van der Waals surface area contributed by atoms with Gasteiger partial charge in [0, 0.05) is 6.04 Å². The minimum atomic E-state index is -3.09. The van der Waals surface area contributed by atoms with Crippen molar-refractivity contribution in [3.8, 4) is 5.75 Å². The Morgan fingerprint density at radius 2 is 2.17 bits per heavy atom. The van der Waals surface area contributed by atoms with Gasteiger partial charge in [0.1, 0.15) is 11.6 Å². The lowest BCUT2D eigenvalue weighted by atomic mass is 10.1. The van der Waals surface area contributed by atoms with Gasteiger partial charge in [0.15, 0.2) is 9.84 Å². The number of phenolic OH excluding ortho intramolecular Hbond substituents is 1. The average Bonchev–Trinajstić information content (AvgIpc) is 2.61. The third kappa shape index (κ3) is 2.79. The second-order valence-electron chi connectivity index (χ2n) is 4.23. The predicted octanol–water partition coefficient (Wildman–Crippen LogP) is 0.448. The van der Waals surface area contributed by atoms with Gasteiger partial charge in [0.25, 0.3) is 5.91 Å². The van der Waals surface area contributed by atoms with Crippen LogP contribution < -0.4 is 5.32 Å². The molecule has 98 valence electrons. The molecule has 1 aromatic carbocycles. The zero-order chi connectivity index (χ0) is 13.3. The highest BCUT2D eigenvalue weighted by Gasteiger charge is 2.29. The topological polar surface area (TPSA) is 83.5 Å². The Hall–Kier alpha value is -1.63. The number of amides is 1. The summed E-state index contributed by atoms with van der Waals surface area (Å²) < 4.78 is 35.4. The van der Waals surface area contributed by atoms with Crippen molar-refractivity contribution in [3.63, 3.8) is 0 Å². The monoisotopic (exact) mass is 273 g/mol. The van der Waals surface area contributed by atoms with E-state index in [-0.39, 0.29) is 22.8 Å². The van der Waals surface area contributed by atoms with Crippen LogP contribution >= 0.6 is 0 Å². The van der Waals surface area contributed by atoms with Gasteiger partial charge in [-0.15, -0.1) is 0 Å². The van der Waals surface area contributed by atoms with Crippen LogP contribution in [0.3, 0.4) is 0 Å². The molecule has 7 heteroatoms. The van der Waals surface area contributed by atoms with E-state index in [2.05, 4.69) is 5.32 Å². The van der Waals surface area contributed by atoms with Crippen LogP contribution in [0.2, 0.25) is 0 Å². The molecule has 0 bridgehead atoms. The zero-order valence-corrected chi connectivity index (χ0v) is 10.2. The molecule has 0 spiro atoms. The molecule has 18 heavy (non-hydrogen) atoms. The lowest BCUT2D eigenvalue weighted by molar-refractivity contribution is 0.0938. The first-order valence-electron chi connectivity index (χ1n) is 5.37. The van der Waals surface area contributed by atoms with Gasteiger partial charge < -0.3 is 10.4 Å². The Morgan fingerprint density at radius 3 is 2.78 bits per heavy atom. The first kappa shape index (κ1) is 12.8. The molecular formula is C11H12FNO4S. The Bertz CT molecular complexity index is 585. The standard InChI is InChI=1S/C11H12FNO4S/c12-7-1-2-10(14)9(5-7)11(15)13-8-3-4-18(16,17)6-8/h1-2,5,8,14H,3-4,6H2,(H,13,15). The maximum Gasteiger partial charge on any atom is 0.255 e. The lowest BCUT2D eigenvalue weighted by Crippen LogP contribution is -2.35. The van der Waals surface area contributed by atoms with Crippen molar-refractivity contribution in [1.29, 1.82) is 0 Å². The molecule has 1 aromatic rings. The number of carbonyl (C=O) groups is 1. The molecular weight excluding hydrogens is 261 g/mol. The summed E-state index contributed by atoms with van der Waals surface area (Å²) in [5.74, 6) is -1.73.